The van der Waals surface area contributed by atoms with Gasteiger partial charge in [-0.3, -0.25) is 0 Å². The van der Waals surface area contributed by atoms with Gasteiger partial charge in [-0.1, -0.05) is 38.7 Å². The number of piperidine rings is 1. The first-order valence-corrected chi connectivity index (χ1v) is 9.97. The molecule has 1 aliphatic carbocycles. The first kappa shape index (κ1) is 21.3. The molecule has 2 heterocycles. The third kappa shape index (κ3) is 6.59. The Balaban J connectivity index is 0.00000243. The van der Waals surface area contributed by atoms with Crippen LogP contribution in [-0.2, 0) is 6.54 Å². The number of aliphatic imine (C=N–C) groups is 1. The third-order valence-electron chi connectivity index (χ3n) is 5.56. The van der Waals surface area contributed by atoms with Crippen molar-refractivity contribution in [3.05, 3.63) is 23.9 Å². The third-order valence-corrected chi connectivity index (χ3v) is 5.56. The van der Waals surface area contributed by atoms with Gasteiger partial charge >= 0.3 is 0 Å². The quantitative estimate of drug-likeness (QED) is 0.301. The van der Waals surface area contributed by atoms with Crippen LogP contribution in [0.1, 0.15) is 63.9 Å². The molecule has 26 heavy (non-hydrogen) atoms. The monoisotopic (exact) mass is 471 g/mol. The fraction of sp³-hybridized carbons (Fsp3) is 0.700. The minimum Gasteiger partial charge on any atom is -0.370 e. The largest absolute Gasteiger partial charge is 0.370 e. The van der Waals surface area contributed by atoms with Crippen LogP contribution in [0.15, 0.2) is 23.3 Å². The number of guanidine groups is 1. The van der Waals surface area contributed by atoms with Gasteiger partial charge in [0.05, 0.1) is 6.54 Å². The van der Waals surface area contributed by atoms with E-state index in [1.807, 2.05) is 6.20 Å². The Morgan fingerprint density at radius 2 is 1.85 bits per heavy atom. The number of halogens is 1. The van der Waals surface area contributed by atoms with Crippen LogP contribution in [0.2, 0.25) is 0 Å². The molecule has 1 saturated carbocycles. The number of anilines is 1. The molecular formula is C20H34IN5. The van der Waals surface area contributed by atoms with Gasteiger partial charge in [-0.15, -0.1) is 24.0 Å². The second-order valence-electron chi connectivity index (χ2n) is 7.73. The minimum absolute atomic E-state index is 0. The molecule has 3 rings (SSSR count). The van der Waals surface area contributed by atoms with Crippen LogP contribution in [-0.4, -0.2) is 30.1 Å². The number of nitrogens with one attached hydrogen (secondary N) is 1. The number of nitrogens with two attached hydrogens (primary N) is 1. The maximum Gasteiger partial charge on any atom is 0.189 e. The van der Waals surface area contributed by atoms with Gasteiger partial charge in [0.2, 0.25) is 0 Å². The van der Waals surface area contributed by atoms with Gasteiger partial charge in [0.25, 0.3) is 0 Å². The van der Waals surface area contributed by atoms with E-state index >= 15 is 0 Å². The molecule has 146 valence electrons. The summed E-state index contributed by atoms with van der Waals surface area (Å²) in [7, 11) is 0. The molecule has 0 bridgehead atoms. The van der Waals surface area contributed by atoms with Crippen molar-refractivity contribution in [3.8, 4) is 0 Å². The number of pyridine rings is 1. The highest BCUT2D eigenvalue weighted by Crippen LogP contribution is 2.21. The van der Waals surface area contributed by atoms with Gasteiger partial charge in [-0.05, 0) is 43.2 Å². The van der Waals surface area contributed by atoms with Gasteiger partial charge in [0.15, 0.2) is 5.96 Å². The average molecular weight is 471 g/mol. The Bertz CT molecular complexity index is 544. The van der Waals surface area contributed by atoms with Crippen LogP contribution < -0.4 is 16.0 Å². The average Bonchev–Trinajstić information content (AvgIpc) is 2.90. The van der Waals surface area contributed by atoms with Crippen molar-refractivity contribution in [1.29, 1.82) is 0 Å². The highest BCUT2D eigenvalue weighted by Gasteiger charge is 2.16. The van der Waals surface area contributed by atoms with E-state index in [9.17, 15) is 0 Å². The van der Waals surface area contributed by atoms with Crippen LogP contribution >= 0.6 is 24.0 Å². The molecule has 1 aliphatic heterocycles. The molecule has 6 heteroatoms. The molecule has 5 nitrogen and oxygen atoms in total. The smallest absolute Gasteiger partial charge is 0.189 e. The molecular weight excluding hydrogens is 437 g/mol. The summed E-state index contributed by atoms with van der Waals surface area (Å²) in [4.78, 5) is 11.5. The Kier molecular flexibility index (Phi) is 8.95. The molecule has 0 aromatic carbocycles. The fourth-order valence-electron chi connectivity index (χ4n) is 3.79. The zero-order chi connectivity index (χ0) is 17.5. The summed E-state index contributed by atoms with van der Waals surface area (Å²) in [5.74, 6) is 2.50. The van der Waals surface area contributed by atoms with E-state index in [1.54, 1.807) is 0 Å². The predicted molar refractivity (Wildman–Crippen MR) is 120 cm³/mol. The normalized spacial score (nSPS) is 20.3. The van der Waals surface area contributed by atoms with Crippen LogP contribution in [0, 0.1) is 5.92 Å². The highest BCUT2D eigenvalue weighted by atomic mass is 127. The summed E-state index contributed by atoms with van der Waals surface area (Å²) < 4.78 is 0. The van der Waals surface area contributed by atoms with Crippen molar-refractivity contribution < 1.29 is 0 Å². The molecule has 2 aliphatic rings. The molecule has 0 radical (unpaired) electrons. The first-order valence-electron chi connectivity index (χ1n) is 9.97. The molecule has 0 unspecified atom stereocenters. The maximum atomic E-state index is 6.07. The van der Waals surface area contributed by atoms with E-state index in [-0.39, 0.29) is 24.0 Å². The lowest BCUT2D eigenvalue weighted by atomic mass is 9.99. The lowest BCUT2D eigenvalue weighted by Crippen LogP contribution is -2.39. The lowest BCUT2D eigenvalue weighted by molar-refractivity contribution is 0.436. The van der Waals surface area contributed by atoms with Gasteiger partial charge < -0.3 is 16.0 Å². The lowest BCUT2D eigenvalue weighted by Gasteiger charge is -2.31. The number of nitrogens with zero attached hydrogens (tertiary/aromatic N) is 3. The number of aromatic nitrogens is 1. The Labute approximate surface area is 175 Å². The first-order chi connectivity index (χ1) is 12.2. The van der Waals surface area contributed by atoms with Crippen molar-refractivity contribution in [2.45, 2.75) is 70.9 Å². The summed E-state index contributed by atoms with van der Waals surface area (Å²) in [5, 5.41) is 3.40. The van der Waals surface area contributed by atoms with E-state index in [1.165, 1.54) is 51.4 Å². The molecule has 0 spiro atoms. The molecule has 1 aromatic heterocycles. The fourth-order valence-corrected chi connectivity index (χ4v) is 3.79. The number of hydrogen-bond donors (Lipinski definition) is 2. The standard InChI is InChI=1S/C20H33N5.HI/c1-16-10-12-25(13-11-16)19-9-8-17(14-22-19)15-23-20(21)24-18-6-4-2-3-5-7-18;/h8-9,14,16,18H,2-7,10-13,15H2,1H3,(H3,21,23,24);1H. The van der Waals surface area contributed by atoms with E-state index in [4.69, 9.17) is 5.73 Å². The summed E-state index contributed by atoms with van der Waals surface area (Å²) in [6.45, 7) is 5.16. The van der Waals surface area contributed by atoms with Crippen molar-refractivity contribution in [2.24, 2.45) is 16.6 Å². The van der Waals surface area contributed by atoms with Crippen LogP contribution in [0.3, 0.4) is 0 Å². The van der Waals surface area contributed by atoms with Crippen molar-refractivity contribution in [3.63, 3.8) is 0 Å². The van der Waals surface area contributed by atoms with Gasteiger partial charge in [0.1, 0.15) is 5.82 Å². The van der Waals surface area contributed by atoms with Crippen LogP contribution in [0.5, 0.6) is 0 Å². The van der Waals surface area contributed by atoms with Crippen LogP contribution in [0.25, 0.3) is 0 Å². The topological polar surface area (TPSA) is 66.5 Å². The highest BCUT2D eigenvalue weighted by molar-refractivity contribution is 14.0. The Morgan fingerprint density at radius 3 is 2.46 bits per heavy atom. The van der Waals surface area contributed by atoms with E-state index in [0.717, 1.165) is 30.4 Å². The summed E-state index contributed by atoms with van der Waals surface area (Å²) in [6.07, 6.45) is 12.2. The minimum atomic E-state index is 0. The predicted octanol–water partition coefficient (Wildman–Crippen LogP) is 4.06. The van der Waals surface area contributed by atoms with E-state index in [2.05, 4.69) is 39.2 Å². The molecule has 0 amide bonds. The molecule has 1 saturated heterocycles. The van der Waals surface area contributed by atoms with Gasteiger partial charge in [0, 0.05) is 25.3 Å². The van der Waals surface area contributed by atoms with Crippen molar-refractivity contribution in [1.82, 2.24) is 10.3 Å². The van der Waals surface area contributed by atoms with Crippen LogP contribution in [0.4, 0.5) is 5.82 Å². The molecule has 2 fully saturated rings. The van der Waals surface area contributed by atoms with E-state index in [0.29, 0.717) is 18.5 Å². The van der Waals surface area contributed by atoms with Gasteiger partial charge in [-0.2, -0.15) is 0 Å². The molecule has 0 atom stereocenters. The number of hydrogen-bond acceptors (Lipinski definition) is 3. The second-order valence-corrected chi connectivity index (χ2v) is 7.73. The summed E-state index contributed by atoms with van der Waals surface area (Å²) in [6, 6.07) is 4.74. The Morgan fingerprint density at radius 1 is 1.15 bits per heavy atom. The summed E-state index contributed by atoms with van der Waals surface area (Å²) in [5.41, 5.74) is 7.18. The van der Waals surface area contributed by atoms with Gasteiger partial charge in [-0.25, -0.2) is 9.98 Å². The Hall–Kier alpha value is -1.05. The zero-order valence-corrected chi connectivity index (χ0v) is 18.3. The SMILES string of the molecule is CC1CCN(c2ccc(CN=C(N)NC3CCCCCC3)cn2)CC1.I. The number of rotatable bonds is 4. The van der Waals surface area contributed by atoms with Crippen molar-refractivity contribution in [2.75, 3.05) is 18.0 Å². The van der Waals surface area contributed by atoms with E-state index < -0.39 is 0 Å². The zero-order valence-electron chi connectivity index (χ0n) is 16.0. The molecule has 3 N–H and O–H groups in total. The second kappa shape index (κ2) is 10.9. The maximum absolute atomic E-state index is 6.07. The van der Waals surface area contributed by atoms with Crippen molar-refractivity contribution >= 4 is 35.8 Å². The summed E-state index contributed by atoms with van der Waals surface area (Å²) >= 11 is 0. The molecule has 1 aromatic rings.